The Balaban J connectivity index is 1.81. The molecular formula is C27H32N2O4. The Morgan fingerprint density at radius 3 is 2.48 bits per heavy atom. The van der Waals surface area contributed by atoms with Gasteiger partial charge in [-0.3, -0.25) is 9.59 Å². The standard InChI is InChI=1S/C27H32N2O4/c1-5-16-32-20-11-9-19(10-12-20)24-23-25(30)21-17-18(6-2)8-13-22(21)33-26(23)27(31)29(24)15-7-14-28(3)4/h8-13,17,24H,5-7,14-16H2,1-4H3. The summed E-state index contributed by atoms with van der Waals surface area (Å²) in [4.78, 5) is 31.0. The largest absolute Gasteiger partial charge is 0.494 e. The van der Waals surface area contributed by atoms with Crippen molar-refractivity contribution in [3.63, 3.8) is 0 Å². The molecule has 0 saturated heterocycles. The van der Waals surface area contributed by atoms with Crippen molar-refractivity contribution in [1.29, 1.82) is 0 Å². The number of nitrogens with zero attached hydrogens (tertiary/aromatic N) is 2. The molecule has 0 bridgehead atoms. The highest BCUT2D eigenvalue weighted by atomic mass is 16.5. The number of hydrogen-bond donors (Lipinski definition) is 0. The van der Waals surface area contributed by atoms with Crippen molar-refractivity contribution in [2.24, 2.45) is 0 Å². The summed E-state index contributed by atoms with van der Waals surface area (Å²) < 4.78 is 11.8. The summed E-state index contributed by atoms with van der Waals surface area (Å²) in [6.45, 7) is 6.15. The first-order valence-electron chi connectivity index (χ1n) is 11.7. The Kier molecular flexibility index (Phi) is 6.84. The average Bonchev–Trinajstić information content (AvgIpc) is 3.09. The van der Waals surface area contributed by atoms with Crippen LogP contribution in [0.2, 0.25) is 0 Å². The summed E-state index contributed by atoms with van der Waals surface area (Å²) in [5.41, 5.74) is 2.72. The normalized spacial score (nSPS) is 15.5. The van der Waals surface area contributed by atoms with Gasteiger partial charge in [0.2, 0.25) is 5.76 Å². The molecule has 33 heavy (non-hydrogen) atoms. The number of carbonyl (C=O) groups is 1. The lowest BCUT2D eigenvalue weighted by atomic mass is 9.97. The Morgan fingerprint density at radius 1 is 1.06 bits per heavy atom. The van der Waals surface area contributed by atoms with Gasteiger partial charge in [0.25, 0.3) is 5.91 Å². The lowest BCUT2D eigenvalue weighted by Gasteiger charge is -2.26. The predicted octanol–water partition coefficient (Wildman–Crippen LogP) is 4.64. The Bertz CT molecular complexity index is 1200. The van der Waals surface area contributed by atoms with E-state index in [0.717, 1.165) is 42.7 Å². The number of amides is 1. The molecule has 3 aromatic rings. The Hall–Kier alpha value is -3.12. The van der Waals surface area contributed by atoms with E-state index in [2.05, 4.69) is 18.7 Å². The molecule has 6 nitrogen and oxygen atoms in total. The molecule has 1 amide bonds. The van der Waals surface area contributed by atoms with E-state index in [9.17, 15) is 9.59 Å². The van der Waals surface area contributed by atoms with Crippen molar-refractivity contribution in [2.75, 3.05) is 33.8 Å². The second kappa shape index (κ2) is 9.79. The smallest absolute Gasteiger partial charge is 0.290 e. The van der Waals surface area contributed by atoms with E-state index >= 15 is 0 Å². The zero-order chi connectivity index (χ0) is 23.5. The van der Waals surface area contributed by atoms with E-state index in [0.29, 0.717) is 29.7 Å². The molecule has 1 aliphatic heterocycles. The molecule has 0 spiro atoms. The molecule has 0 radical (unpaired) electrons. The summed E-state index contributed by atoms with van der Waals surface area (Å²) in [5, 5.41) is 0.531. The van der Waals surface area contributed by atoms with Gasteiger partial charge in [0, 0.05) is 6.54 Å². The molecule has 6 heteroatoms. The quantitative estimate of drug-likeness (QED) is 0.477. The second-order valence-corrected chi connectivity index (χ2v) is 8.83. The highest BCUT2D eigenvalue weighted by Gasteiger charge is 2.42. The van der Waals surface area contributed by atoms with E-state index in [1.165, 1.54) is 0 Å². The van der Waals surface area contributed by atoms with Crippen molar-refractivity contribution in [3.8, 4) is 5.75 Å². The molecule has 0 aliphatic carbocycles. The van der Waals surface area contributed by atoms with Crippen molar-refractivity contribution in [3.05, 3.63) is 75.1 Å². The van der Waals surface area contributed by atoms with Gasteiger partial charge in [-0.05, 0) is 75.3 Å². The van der Waals surface area contributed by atoms with Crippen LogP contribution in [-0.4, -0.2) is 49.5 Å². The highest BCUT2D eigenvalue weighted by Crippen LogP contribution is 2.38. The first kappa shape index (κ1) is 23.1. The van der Waals surface area contributed by atoms with Crippen LogP contribution in [0.5, 0.6) is 5.75 Å². The molecule has 4 rings (SSSR count). The maximum Gasteiger partial charge on any atom is 0.290 e. The Labute approximate surface area is 194 Å². The van der Waals surface area contributed by atoms with Gasteiger partial charge in [-0.25, -0.2) is 0 Å². The maximum absolute atomic E-state index is 13.7. The van der Waals surface area contributed by atoms with Crippen LogP contribution in [-0.2, 0) is 6.42 Å². The van der Waals surface area contributed by atoms with Crippen molar-refractivity contribution in [2.45, 2.75) is 39.2 Å². The fraction of sp³-hybridized carbons (Fsp3) is 0.407. The number of hydrogen-bond acceptors (Lipinski definition) is 5. The number of aryl methyl sites for hydroxylation is 1. The summed E-state index contributed by atoms with van der Waals surface area (Å²) in [5.74, 6) is 0.721. The summed E-state index contributed by atoms with van der Waals surface area (Å²) >= 11 is 0. The molecule has 174 valence electrons. The van der Waals surface area contributed by atoms with Gasteiger partial charge in [-0.2, -0.15) is 0 Å². The van der Waals surface area contributed by atoms with Gasteiger partial charge in [-0.15, -0.1) is 0 Å². The van der Waals surface area contributed by atoms with Crippen LogP contribution in [0.3, 0.4) is 0 Å². The number of fused-ring (bicyclic) bond motifs is 2. The molecule has 1 aliphatic rings. The van der Waals surface area contributed by atoms with Gasteiger partial charge in [-0.1, -0.05) is 32.0 Å². The maximum atomic E-state index is 13.7. The molecule has 1 atom stereocenters. The molecule has 2 aromatic carbocycles. The molecule has 0 saturated carbocycles. The molecule has 0 N–H and O–H groups in total. The number of carbonyl (C=O) groups excluding carboxylic acids is 1. The summed E-state index contributed by atoms with van der Waals surface area (Å²) in [6.07, 6.45) is 2.55. The number of rotatable bonds is 9. The van der Waals surface area contributed by atoms with Gasteiger partial charge in [0.15, 0.2) is 5.43 Å². The third-order valence-electron chi connectivity index (χ3n) is 6.11. The van der Waals surface area contributed by atoms with Crippen molar-refractivity contribution < 1.29 is 13.9 Å². The van der Waals surface area contributed by atoms with Crippen LogP contribution < -0.4 is 10.2 Å². The van der Waals surface area contributed by atoms with Crippen LogP contribution in [0.4, 0.5) is 0 Å². The number of benzene rings is 2. The van der Waals surface area contributed by atoms with Gasteiger partial charge < -0.3 is 19.0 Å². The second-order valence-electron chi connectivity index (χ2n) is 8.83. The van der Waals surface area contributed by atoms with Crippen LogP contribution >= 0.6 is 0 Å². The molecule has 1 aromatic heterocycles. The van der Waals surface area contributed by atoms with Crippen LogP contribution in [0.1, 0.15) is 60.0 Å². The minimum absolute atomic E-state index is 0.124. The summed E-state index contributed by atoms with van der Waals surface area (Å²) in [6, 6.07) is 12.9. The predicted molar refractivity (Wildman–Crippen MR) is 130 cm³/mol. The van der Waals surface area contributed by atoms with Crippen molar-refractivity contribution >= 4 is 16.9 Å². The van der Waals surface area contributed by atoms with Crippen LogP contribution in [0.15, 0.2) is 51.7 Å². The zero-order valence-corrected chi connectivity index (χ0v) is 19.9. The van der Waals surface area contributed by atoms with E-state index in [4.69, 9.17) is 9.15 Å². The third kappa shape index (κ3) is 4.53. The SMILES string of the molecule is CCCOc1ccc(C2c3c(oc4ccc(CC)cc4c3=O)C(=O)N2CCCN(C)C)cc1. The Morgan fingerprint density at radius 2 is 1.82 bits per heavy atom. The molecule has 2 heterocycles. The first-order valence-corrected chi connectivity index (χ1v) is 11.7. The topological polar surface area (TPSA) is 63.0 Å². The van der Waals surface area contributed by atoms with E-state index in [-0.39, 0.29) is 17.1 Å². The van der Waals surface area contributed by atoms with Crippen LogP contribution in [0, 0.1) is 0 Å². The van der Waals surface area contributed by atoms with E-state index in [1.54, 1.807) is 11.0 Å². The minimum Gasteiger partial charge on any atom is -0.494 e. The number of ether oxygens (including phenoxy) is 1. The van der Waals surface area contributed by atoms with Gasteiger partial charge >= 0.3 is 0 Å². The monoisotopic (exact) mass is 448 g/mol. The summed E-state index contributed by atoms with van der Waals surface area (Å²) in [7, 11) is 4.02. The first-order chi connectivity index (χ1) is 15.9. The fourth-order valence-corrected chi connectivity index (χ4v) is 4.39. The molecule has 1 unspecified atom stereocenters. The molecular weight excluding hydrogens is 416 g/mol. The van der Waals surface area contributed by atoms with E-state index in [1.807, 2.05) is 50.5 Å². The highest BCUT2D eigenvalue weighted by molar-refractivity contribution is 5.99. The average molecular weight is 449 g/mol. The third-order valence-corrected chi connectivity index (χ3v) is 6.11. The minimum atomic E-state index is -0.471. The van der Waals surface area contributed by atoms with Crippen molar-refractivity contribution in [1.82, 2.24) is 9.80 Å². The van der Waals surface area contributed by atoms with Gasteiger partial charge in [0.1, 0.15) is 11.3 Å². The van der Waals surface area contributed by atoms with E-state index < -0.39 is 6.04 Å². The van der Waals surface area contributed by atoms with Gasteiger partial charge in [0.05, 0.1) is 23.6 Å². The molecule has 0 fully saturated rings. The lowest BCUT2D eigenvalue weighted by Crippen LogP contribution is -2.32. The van der Waals surface area contributed by atoms with Crippen LogP contribution in [0.25, 0.3) is 11.0 Å². The zero-order valence-electron chi connectivity index (χ0n) is 19.9. The lowest BCUT2D eigenvalue weighted by molar-refractivity contribution is 0.0722. The fourth-order valence-electron chi connectivity index (χ4n) is 4.39.